The first kappa shape index (κ1) is 19.8. The number of nitrogens with zero attached hydrogens (tertiary/aromatic N) is 1. The Balaban J connectivity index is 0.00000225. The van der Waals surface area contributed by atoms with Gasteiger partial charge >= 0.3 is 0 Å². The van der Waals surface area contributed by atoms with Gasteiger partial charge in [0, 0.05) is 11.9 Å². The van der Waals surface area contributed by atoms with E-state index in [0.29, 0.717) is 6.54 Å². The van der Waals surface area contributed by atoms with Crippen molar-refractivity contribution in [2.75, 3.05) is 19.6 Å². The number of halogens is 3. The summed E-state index contributed by atoms with van der Waals surface area (Å²) in [4.78, 5) is 16.4. The number of nitrogens with one attached hydrogen (secondary N) is 2. The zero-order chi connectivity index (χ0) is 17.2. The molecule has 1 saturated heterocycles. The fourth-order valence-corrected chi connectivity index (χ4v) is 3.63. The van der Waals surface area contributed by atoms with Crippen LogP contribution in [0, 0.1) is 17.0 Å². The summed E-state index contributed by atoms with van der Waals surface area (Å²) >= 11 is 1.06. The topological polar surface area (TPSA) is 54.0 Å². The van der Waals surface area contributed by atoms with Crippen LogP contribution >= 0.6 is 23.7 Å². The second-order valence-electron chi connectivity index (χ2n) is 6.38. The van der Waals surface area contributed by atoms with Gasteiger partial charge in [-0.25, -0.2) is 13.8 Å². The van der Waals surface area contributed by atoms with Gasteiger partial charge in [0.25, 0.3) is 5.91 Å². The van der Waals surface area contributed by atoms with Gasteiger partial charge < -0.3 is 10.6 Å². The lowest BCUT2D eigenvalue weighted by Gasteiger charge is -2.34. The first-order valence-corrected chi connectivity index (χ1v) is 8.75. The van der Waals surface area contributed by atoms with Gasteiger partial charge in [0.1, 0.15) is 22.3 Å². The number of piperidine rings is 1. The summed E-state index contributed by atoms with van der Waals surface area (Å²) in [6.45, 7) is 4.60. The lowest BCUT2D eigenvalue weighted by Crippen LogP contribution is -2.42. The van der Waals surface area contributed by atoms with Crippen LogP contribution in [-0.4, -0.2) is 30.5 Å². The molecule has 8 heteroatoms. The number of rotatable bonds is 4. The highest BCUT2D eigenvalue weighted by Gasteiger charge is 2.27. The third-order valence-corrected chi connectivity index (χ3v) is 5.26. The number of amides is 1. The molecule has 2 heterocycles. The third kappa shape index (κ3) is 4.54. The molecule has 3 rings (SSSR count). The van der Waals surface area contributed by atoms with Gasteiger partial charge in [-0.05, 0) is 43.5 Å². The van der Waals surface area contributed by atoms with Crippen LogP contribution in [0.4, 0.5) is 8.78 Å². The summed E-state index contributed by atoms with van der Waals surface area (Å²) in [6, 6.07) is 3.66. The third-order valence-electron chi connectivity index (χ3n) is 4.40. The molecule has 0 atom stereocenters. The van der Waals surface area contributed by atoms with E-state index in [2.05, 4.69) is 22.5 Å². The first-order chi connectivity index (χ1) is 11.5. The Bertz CT molecular complexity index is 727. The van der Waals surface area contributed by atoms with Gasteiger partial charge in [-0.2, -0.15) is 0 Å². The molecule has 1 aromatic carbocycles. The van der Waals surface area contributed by atoms with Gasteiger partial charge in [-0.15, -0.1) is 23.7 Å². The van der Waals surface area contributed by atoms with E-state index in [9.17, 15) is 13.6 Å². The average molecular weight is 388 g/mol. The minimum Gasteiger partial charge on any atom is -0.350 e. The maximum atomic E-state index is 13.8. The zero-order valence-corrected chi connectivity index (χ0v) is 15.4. The smallest absolute Gasteiger partial charge is 0.270 e. The van der Waals surface area contributed by atoms with Crippen LogP contribution in [0.5, 0.6) is 0 Å². The molecule has 1 aliphatic rings. The number of carbonyl (C=O) groups excluding carboxylic acids is 1. The Kier molecular flexibility index (Phi) is 6.48. The van der Waals surface area contributed by atoms with E-state index in [4.69, 9.17) is 0 Å². The Morgan fingerprint density at radius 1 is 1.32 bits per heavy atom. The van der Waals surface area contributed by atoms with Crippen LogP contribution in [0.15, 0.2) is 23.6 Å². The number of carbonyl (C=O) groups is 1. The van der Waals surface area contributed by atoms with Crippen LogP contribution in [0.25, 0.3) is 10.6 Å². The van der Waals surface area contributed by atoms with Crippen LogP contribution in [0.3, 0.4) is 0 Å². The van der Waals surface area contributed by atoms with Crippen molar-refractivity contribution in [3.05, 3.63) is 40.9 Å². The molecular formula is C17H20ClF2N3OS. The number of thiazole rings is 1. The Morgan fingerprint density at radius 2 is 1.96 bits per heavy atom. The largest absolute Gasteiger partial charge is 0.350 e. The SMILES string of the molecule is CC1(CNC(=O)c2csc(-c3c(F)cccc3F)n2)CCNCC1.Cl. The minimum absolute atomic E-state index is 0. The quantitative estimate of drug-likeness (QED) is 0.842. The lowest BCUT2D eigenvalue weighted by atomic mass is 9.81. The van der Waals surface area contributed by atoms with E-state index >= 15 is 0 Å². The number of benzene rings is 1. The summed E-state index contributed by atoms with van der Waals surface area (Å²) in [6.07, 6.45) is 1.99. The lowest BCUT2D eigenvalue weighted by molar-refractivity contribution is 0.0918. The number of aromatic nitrogens is 1. The highest BCUT2D eigenvalue weighted by molar-refractivity contribution is 7.13. The molecule has 0 saturated carbocycles. The van der Waals surface area contributed by atoms with Gasteiger partial charge in [0.15, 0.2) is 0 Å². The van der Waals surface area contributed by atoms with Crippen molar-refractivity contribution in [2.45, 2.75) is 19.8 Å². The molecule has 2 aromatic rings. The summed E-state index contributed by atoms with van der Waals surface area (Å²) in [5, 5.41) is 7.89. The highest BCUT2D eigenvalue weighted by Crippen LogP contribution is 2.29. The van der Waals surface area contributed by atoms with Crippen LogP contribution in [-0.2, 0) is 0 Å². The van der Waals surface area contributed by atoms with Crippen molar-refractivity contribution in [2.24, 2.45) is 5.41 Å². The van der Waals surface area contributed by atoms with E-state index in [-0.39, 0.29) is 40.0 Å². The molecule has 1 aromatic heterocycles. The summed E-state index contributed by atoms with van der Waals surface area (Å²) in [7, 11) is 0. The molecule has 25 heavy (non-hydrogen) atoms. The Morgan fingerprint density at radius 3 is 2.60 bits per heavy atom. The maximum Gasteiger partial charge on any atom is 0.270 e. The van der Waals surface area contributed by atoms with Gasteiger partial charge in [0.05, 0.1) is 5.56 Å². The van der Waals surface area contributed by atoms with Crippen molar-refractivity contribution >= 4 is 29.7 Å². The molecule has 2 N–H and O–H groups in total. The van der Waals surface area contributed by atoms with Crippen molar-refractivity contribution in [1.82, 2.24) is 15.6 Å². The fraction of sp³-hybridized carbons (Fsp3) is 0.412. The number of hydrogen-bond acceptors (Lipinski definition) is 4. The molecule has 0 bridgehead atoms. The molecule has 1 aliphatic heterocycles. The predicted molar refractivity (Wildman–Crippen MR) is 97.3 cm³/mol. The second-order valence-corrected chi connectivity index (χ2v) is 7.24. The van der Waals surface area contributed by atoms with Gasteiger partial charge in [-0.3, -0.25) is 4.79 Å². The van der Waals surface area contributed by atoms with Gasteiger partial charge in [0.2, 0.25) is 0 Å². The van der Waals surface area contributed by atoms with E-state index in [1.807, 2.05) is 0 Å². The zero-order valence-electron chi connectivity index (χ0n) is 13.8. The van der Waals surface area contributed by atoms with E-state index < -0.39 is 11.6 Å². The standard InChI is InChI=1S/C17H19F2N3OS.ClH/c1-17(5-7-20-8-6-17)10-21-15(23)13-9-24-16(22-13)14-11(18)3-2-4-12(14)19;/h2-4,9,20H,5-8,10H2,1H3,(H,21,23);1H. The van der Waals surface area contributed by atoms with Crippen LogP contribution in [0.1, 0.15) is 30.3 Å². The normalized spacial score (nSPS) is 16.1. The van der Waals surface area contributed by atoms with Crippen molar-refractivity contribution < 1.29 is 13.6 Å². The summed E-state index contributed by atoms with van der Waals surface area (Å²) < 4.78 is 27.6. The molecular weight excluding hydrogens is 368 g/mol. The van der Waals surface area contributed by atoms with Crippen LogP contribution in [0.2, 0.25) is 0 Å². The monoisotopic (exact) mass is 387 g/mol. The number of hydrogen-bond donors (Lipinski definition) is 2. The van der Waals surface area contributed by atoms with E-state index in [0.717, 1.165) is 37.3 Å². The highest BCUT2D eigenvalue weighted by atomic mass is 35.5. The summed E-state index contributed by atoms with van der Waals surface area (Å²) in [5.41, 5.74) is 0.0688. The molecule has 4 nitrogen and oxygen atoms in total. The van der Waals surface area contributed by atoms with Crippen molar-refractivity contribution in [3.8, 4) is 10.6 Å². The molecule has 0 spiro atoms. The van der Waals surface area contributed by atoms with Crippen molar-refractivity contribution in [1.29, 1.82) is 0 Å². The second kappa shape index (κ2) is 8.21. The molecule has 136 valence electrons. The van der Waals surface area contributed by atoms with E-state index in [1.165, 1.54) is 23.6 Å². The Hall–Kier alpha value is -1.57. The fourth-order valence-electron chi connectivity index (χ4n) is 2.79. The molecule has 0 radical (unpaired) electrons. The summed E-state index contributed by atoms with van der Waals surface area (Å²) in [5.74, 6) is -1.67. The van der Waals surface area contributed by atoms with Gasteiger partial charge in [-0.1, -0.05) is 13.0 Å². The molecule has 0 unspecified atom stereocenters. The Labute approximate surface area is 155 Å². The minimum atomic E-state index is -0.682. The first-order valence-electron chi connectivity index (χ1n) is 7.87. The molecule has 0 aliphatic carbocycles. The molecule has 1 fully saturated rings. The predicted octanol–water partition coefficient (Wildman–Crippen LogP) is 3.63. The molecule has 1 amide bonds. The average Bonchev–Trinajstić information content (AvgIpc) is 3.03. The maximum absolute atomic E-state index is 13.8. The van der Waals surface area contributed by atoms with Crippen LogP contribution < -0.4 is 10.6 Å². The van der Waals surface area contributed by atoms with E-state index in [1.54, 1.807) is 0 Å². The van der Waals surface area contributed by atoms with Crippen molar-refractivity contribution in [3.63, 3.8) is 0 Å².